The van der Waals surface area contributed by atoms with Gasteiger partial charge in [0.15, 0.2) is 0 Å². The quantitative estimate of drug-likeness (QED) is 0.430. The van der Waals surface area contributed by atoms with Gasteiger partial charge < -0.3 is 14.1 Å². The van der Waals surface area contributed by atoms with E-state index in [-0.39, 0.29) is 70.6 Å². The van der Waals surface area contributed by atoms with Crippen LogP contribution in [0.25, 0.3) is 0 Å². The summed E-state index contributed by atoms with van der Waals surface area (Å²) in [5, 5.41) is 0. The molecule has 0 atom stereocenters. The summed E-state index contributed by atoms with van der Waals surface area (Å²) in [5.74, 6) is 0. The number of hydrogen-bond acceptors (Lipinski definition) is 3. The summed E-state index contributed by atoms with van der Waals surface area (Å²) in [4.78, 5) is 17.0. The molecule has 3 nitrogen and oxygen atoms in total. The van der Waals surface area contributed by atoms with Crippen molar-refractivity contribution in [2.45, 2.75) is 0 Å². The van der Waals surface area contributed by atoms with Crippen molar-refractivity contribution in [2.24, 2.45) is 0 Å². The van der Waals surface area contributed by atoms with Gasteiger partial charge in [-0.3, -0.25) is 0 Å². The molecule has 0 saturated carbocycles. The molecule has 0 aliphatic carbocycles. The Bertz CT molecular complexity index is 33.8. The van der Waals surface area contributed by atoms with Gasteiger partial charge in [-0.15, -0.1) is 0 Å². The smallest absolute Gasteiger partial charge is 0.672 e. The van der Waals surface area contributed by atoms with E-state index in [0.717, 1.165) is 0 Å². The summed E-state index contributed by atoms with van der Waals surface area (Å²) in [6, 6.07) is 0. The first-order chi connectivity index (χ1) is 1.73. The number of rotatable bonds is 0. The Labute approximate surface area is 92.0 Å². The fourth-order valence-electron chi connectivity index (χ4n) is 0. The molecule has 0 saturated heterocycles. The van der Waals surface area contributed by atoms with Crippen molar-refractivity contribution in [3.63, 3.8) is 0 Å². The fourth-order valence-corrected chi connectivity index (χ4v) is 0. The van der Waals surface area contributed by atoms with Crippen LogP contribution in [0.2, 0.25) is 0 Å². The molecule has 0 radical (unpaired) electrons. The second-order valence-electron chi connectivity index (χ2n) is 0.250. The Hall–Kier alpha value is 1.90. The zero-order chi connectivity index (χ0) is 3.58. The summed E-state index contributed by atoms with van der Waals surface area (Å²) in [6.07, 6.45) is 0. The summed E-state index contributed by atoms with van der Waals surface area (Å²) in [6.45, 7) is 0. The topological polar surface area (TPSA) is 63.2 Å². The first-order valence-corrected chi connectivity index (χ1v) is 1.84. The molecule has 0 aliphatic heterocycles. The largest absolute Gasteiger partial charge is 2.00 e. The third-order valence-corrected chi connectivity index (χ3v) is 0. The minimum atomic E-state index is -3.63. The maximum Gasteiger partial charge on any atom is 2.00 e. The third kappa shape index (κ3) is 39.2. The molecule has 0 amide bonds. The maximum absolute atomic E-state index is 8.52. The van der Waals surface area contributed by atoms with E-state index in [9.17, 15) is 0 Å². The molecule has 6 heteroatoms. The zero-order valence-electron chi connectivity index (χ0n) is 2.93. The van der Waals surface area contributed by atoms with E-state index < -0.39 is 9.17 Å². The van der Waals surface area contributed by atoms with E-state index in [1.54, 1.807) is 0 Å². The molecule has 6 heavy (non-hydrogen) atoms. The van der Waals surface area contributed by atoms with Crippen molar-refractivity contribution < 1.29 is 35.8 Å². The molecule has 0 spiro atoms. The molecular weight excluding hydrogens is 261 g/mol. The summed E-state index contributed by atoms with van der Waals surface area (Å²) in [7, 11) is -3.63. The second kappa shape index (κ2) is 10.0. The average molecular weight is 261 g/mol. The van der Waals surface area contributed by atoms with Crippen molar-refractivity contribution in [1.82, 2.24) is 0 Å². The average Bonchev–Trinajstić information content (AvgIpc) is 0.811. The molecule has 0 unspecified atom stereocenters. The van der Waals surface area contributed by atoms with Gasteiger partial charge in [0.2, 0.25) is 0 Å². The number of hydrogen-bond donors (Lipinski definition) is 0. The van der Waals surface area contributed by atoms with E-state index in [4.69, 9.17) is 14.1 Å². The summed E-state index contributed by atoms with van der Waals surface area (Å²) in [5.41, 5.74) is 0. The van der Waals surface area contributed by atoms with Gasteiger partial charge in [-0.05, 0) is 0 Å². The van der Waals surface area contributed by atoms with Gasteiger partial charge in [0.1, 0.15) is 0 Å². The molecule has 0 aliphatic rings. The van der Waals surface area contributed by atoms with E-state index >= 15 is 0 Å². The Kier molecular flexibility index (Phi) is 26.1. The van der Waals surface area contributed by atoms with Crippen LogP contribution in [0, 0.1) is 0 Å². The standard InChI is InChI=1S/Ba.O3Si.Ti/c;1-4(2)3;/q+2;-2;+2. The maximum atomic E-state index is 8.52. The molecule has 0 rings (SSSR count). The van der Waals surface area contributed by atoms with Crippen LogP contribution < -0.4 is 9.59 Å². The molecule has 0 aromatic carbocycles. The van der Waals surface area contributed by atoms with E-state index in [1.807, 2.05) is 0 Å². The monoisotopic (exact) mass is 262 g/mol. The summed E-state index contributed by atoms with van der Waals surface area (Å²) < 4.78 is 8.52. The van der Waals surface area contributed by atoms with Crippen molar-refractivity contribution in [2.75, 3.05) is 0 Å². The van der Waals surface area contributed by atoms with E-state index in [0.29, 0.717) is 0 Å². The van der Waals surface area contributed by atoms with Crippen molar-refractivity contribution in [3.8, 4) is 0 Å². The minimum absolute atomic E-state index is 0. The Morgan fingerprint density at radius 2 is 1.33 bits per heavy atom. The Morgan fingerprint density at radius 3 is 1.33 bits per heavy atom. The van der Waals surface area contributed by atoms with Crippen LogP contribution in [0.15, 0.2) is 0 Å². The van der Waals surface area contributed by atoms with Crippen molar-refractivity contribution in [3.05, 3.63) is 0 Å². The minimum Gasteiger partial charge on any atom is -0.672 e. The molecular formula is BaO3SiTi+2. The zero-order valence-corrected chi connectivity index (χ0v) is 9.93. The molecule has 0 aromatic heterocycles. The molecule has 0 N–H and O–H groups in total. The summed E-state index contributed by atoms with van der Waals surface area (Å²) >= 11 is 0. The van der Waals surface area contributed by atoms with Crippen LogP contribution in [0.5, 0.6) is 0 Å². The normalized spacial score (nSPS) is 4.00. The van der Waals surface area contributed by atoms with E-state index in [1.165, 1.54) is 0 Å². The Balaban J connectivity index is -0.0000000450. The predicted octanol–water partition coefficient (Wildman–Crippen LogP) is -3.26. The van der Waals surface area contributed by atoms with Gasteiger partial charge in [-0.2, -0.15) is 0 Å². The van der Waals surface area contributed by atoms with Gasteiger partial charge in [-0.25, -0.2) is 0 Å². The van der Waals surface area contributed by atoms with Crippen LogP contribution >= 0.6 is 0 Å². The van der Waals surface area contributed by atoms with E-state index in [2.05, 4.69) is 0 Å². The first-order valence-electron chi connectivity index (χ1n) is 0.612. The predicted molar refractivity (Wildman–Crippen MR) is 12.2 cm³/mol. The van der Waals surface area contributed by atoms with Crippen LogP contribution in [-0.2, 0) is 26.2 Å². The molecule has 0 aromatic rings. The van der Waals surface area contributed by atoms with Gasteiger partial charge in [0.05, 0.1) is 0 Å². The van der Waals surface area contributed by atoms with Crippen LogP contribution in [0.4, 0.5) is 0 Å². The molecule has 0 heterocycles. The van der Waals surface area contributed by atoms with Crippen molar-refractivity contribution >= 4 is 58.1 Å². The van der Waals surface area contributed by atoms with Gasteiger partial charge >= 0.3 is 70.6 Å². The Morgan fingerprint density at radius 1 is 1.33 bits per heavy atom. The first kappa shape index (κ1) is 15.7. The van der Waals surface area contributed by atoms with Crippen LogP contribution in [0.1, 0.15) is 0 Å². The van der Waals surface area contributed by atoms with Gasteiger partial charge in [-0.1, -0.05) is 0 Å². The van der Waals surface area contributed by atoms with Gasteiger partial charge in [0, 0.05) is 9.17 Å². The molecule has 26 valence electrons. The second-order valence-corrected chi connectivity index (χ2v) is 0.750. The SMILES string of the molecule is O=[Si]([O-])[O-].[Ba+2].[Ti+2]. The third-order valence-electron chi connectivity index (χ3n) is 0. The van der Waals surface area contributed by atoms with Gasteiger partial charge in [0.25, 0.3) is 0 Å². The van der Waals surface area contributed by atoms with Crippen LogP contribution in [-0.4, -0.2) is 58.1 Å². The fraction of sp³-hybridized carbons (Fsp3) is 0. The molecule has 0 fully saturated rings. The van der Waals surface area contributed by atoms with Crippen LogP contribution in [0.3, 0.4) is 0 Å². The molecule has 0 bridgehead atoms. The van der Waals surface area contributed by atoms with Crippen molar-refractivity contribution in [1.29, 1.82) is 0 Å².